The first-order valence-corrected chi connectivity index (χ1v) is 3.09. The SMILES string of the molecule is O=[C]N1CCC(C(=O)O)C1. The largest absolute Gasteiger partial charge is 0.481 e. The topological polar surface area (TPSA) is 57.6 Å². The quantitative estimate of drug-likeness (QED) is 0.563. The Labute approximate surface area is 58.4 Å². The van der Waals surface area contributed by atoms with Gasteiger partial charge in [0.05, 0.1) is 5.92 Å². The molecule has 1 fully saturated rings. The van der Waals surface area contributed by atoms with Gasteiger partial charge in [-0.05, 0) is 6.42 Å². The maximum absolute atomic E-state index is 10.3. The van der Waals surface area contributed by atoms with Crippen molar-refractivity contribution in [2.45, 2.75) is 6.42 Å². The number of carbonyl (C=O) groups excluding carboxylic acids is 1. The number of nitrogens with zero attached hydrogens (tertiary/aromatic N) is 1. The lowest BCUT2D eigenvalue weighted by Crippen LogP contribution is -2.21. The molecule has 4 nitrogen and oxygen atoms in total. The molecular formula is C6H8NO3. The first kappa shape index (κ1) is 7.05. The molecule has 1 saturated heterocycles. The van der Waals surface area contributed by atoms with Gasteiger partial charge in [-0.1, -0.05) is 0 Å². The van der Waals surface area contributed by atoms with Crippen LogP contribution in [0.1, 0.15) is 6.42 Å². The molecule has 1 rings (SSSR count). The number of aliphatic carboxylic acids is 1. The molecule has 0 aromatic carbocycles. The summed E-state index contributed by atoms with van der Waals surface area (Å²) in [7, 11) is 0. The maximum Gasteiger partial charge on any atom is 0.312 e. The van der Waals surface area contributed by atoms with Gasteiger partial charge in [-0.25, -0.2) is 0 Å². The molecular weight excluding hydrogens is 134 g/mol. The summed E-state index contributed by atoms with van der Waals surface area (Å²) in [5.41, 5.74) is 0. The summed E-state index contributed by atoms with van der Waals surface area (Å²) in [6.07, 6.45) is 2.23. The van der Waals surface area contributed by atoms with Crippen LogP contribution in [0.25, 0.3) is 0 Å². The van der Waals surface area contributed by atoms with E-state index in [0.29, 0.717) is 19.5 Å². The summed E-state index contributed by atoms with van der Waals surface area (Å²) in [6.45, 7) is 0.847. The van der Waals surface area contributed by atoms with Crippen molar-refractivity contribution in [2.24, 2.45) is 5.92 Å². The van der Waals surface area contributed by atoms with Crippen LogP contribution in [0, 0.1) is 5.92 Å². The van der Waals surface area contributed by atoms with Crippen molar-refractivity contribution < 1.29 is 14.7 Å². The molecule has 0 saturated carbocycles. The minimum Gasteiger partial charge on any atom is -0.481 e. The van der Waals surface area contributed by atoms with Gasteiger partial charge in [-0.15, -0.1) is 0 Å². The van der Waals surface area contributed by atoms with Crippen LogP contribution in [-0.4, -0.2) is 35.5 Å². The zero-order valence-electron chi connectivity index (χ0n) is 5.41. The Balaban J connectivity index is 2.42. The van der Waals surface area contributed by atoms with Crippen molar-refractivity contribution >= 4 is 12.4 Å². The number of hydrogen-bond acceptors (Lipinski definition) is 2. The molecule has 0 bridgehead atoms. The fourth-order valence-electron chi connectivity index (χ4n) is 1.04. The minimum atomic E-state index is -0.822. The lowest BCUT2D eigenvalue weighted by molar-refractivity contribution is -0.141. The third-order valence-corrected chi connectivity index (χ3v) is 1.67. The van der Waals surface area contributed by atoms with E-state index in [9.17, 15) is 9.59 Å². The monoisotopic (exact) mass is 142 g/mol. The number of carbonyl (C=O) groups is 1. The highest BCUT2D eigenvalue weighted by Gasteiger charge is 2.27. The van der Waals surface area contributed by atoms with Crippen LogP contribution in [0.2, 0.25) is 0 Å². The van der Waals surface area contributed by atoms with Gasteiger partial charge in [-0.3, -0.25) is 9.59 Å². The van der Waals surface area contributed by atoms with Crippen LogP contribution >= 0.6 is 0 Å². The van der Waals surface area contributed by atoms with Gasteiger partial charge in [0.15, 0.2) is 0 Å². The molecule has 1 unspecified atom stereocenters. The lowest BCUT2D eigenvalue weighted by atomic mass is 10.1. The van der Waals surface area contributed by atoms with Gasteiger partial charge in [0.25, 0.3) is 0 Å². The standard InChI is InChI=1S/C6H8NO3/c8-4-7-2-1-5(3-7)6(9)10/h5H,1-3H2,(H,9,10). The van der Waals surface area contributed by atoms with E-state index < -0.39 is 5.97 Å². The third-order valence-electron chi connectivity index (χ3n) is 1.67. The second-order valence-electron chi connectivity index (χ2n) is 2.36. The van der Waals surface area contributed by atoms with Crippen molar-refractivity contribution in [2.75, 3.05) is 13.1 Å². The van der Waals surface area contributed by atoms with Crippen LogP contribution in [0.4, 0.5) is 0 Å². The van der Waals surface area contributed by atoms with E-state index in [1.54, 1.807) is 6.41 Å². The number of hydrogen-bond donors (Lipinski definition) is 1. The van der Waals surface area contributed by atoms with Crippen molar-refractivity contribution in [3.05, 3.63) is 0 Å². The van der Waals surface area contributed by atoms with E-state index in [1.165, 1.54) is 4.90 Å². The van der Waals surface area contributed by atoms with Gasteiger partial charge in [0.2, 0.25) is 0 Å². The zero-order valence-corrected chi connectivity index (χ0v) is 5.41. The van der Waals surface area contributed by atoms with E-state index in [1.807, 2.05) is 0 Å². The zero-order chi connectivity index (χ0) is 7.56. The normalized spacial score (nSPS) is 24.8. The molecule has 1 aliphatic heterocycles. The molecule has 1 N–H and O–H groups in total. The highest BCUT2D eigenvalue weighted by molar-refractivity contribution is 5.71. The van der Waals surface area contributed by atoms with E-state index >= 15 is 0 Å². The van der Waals surface area contributed by atoms with Crippen LogP contribution in [-0.2, 0) is 9.59 Å². The Kier molecular flexibility index (Phi) is 1.89. The maximum atomic E-state index is 10.3. The number of carboxylic acid groups (broad SMARTS) is 1. The third kappa shape index (κ3) is 1.26. The molecule has 1 amide bonds. The van der Waals surface area contributed by atoms with Crippen LogP contribution in [0.5, 0.6) is 0 Å². The summed E-state index contributed by atoms with van der Waals surface area (Å²) < 4.78 is 0. The Morgan fingerprint density at radius 3 is 2.70 bits per heavy atom. The van der Waals surface area contributed by atoms with Crippen LogP contribution in [0.3, 0.4) is 0 Å². The lowest BCUT2D eigenvalue weighted by Gasteiger charge is -2.04. The molecule has 4 heteroatoms. The number of carboxylic acids is 1. The van der Waals surface area contributed by atoms with Crippen molar-refractivity contribution in [1.82, 2.24) is 4.90 Å². The van der Waals surface area contributed by atoms with Crippen molar-refractivity contribution in [3.63, 3.8) is 0 Å². The average Bonchev–Trinajstić information content (AvgIpc) is 2.34. The number of likely N-dealkylation sites (tertiary alicyclic amines) is 1. The molecule has 1 radical (unpaired) electrons. The Morgan fingerprint density at radius 2 is 2.40 bits per heavy atom. The molecule has 0 aromatic heterocycles. The molecule has 1 atom stereocenters. The van der Waals surface area contributed by atoms with E-state index in [-0.39, 0.29) is 5.92 Å². The highest BCUT2D eigenvalue weighted by Crippen LogP contribution is 2.13. The fraction of sp³-hybridized carbons (Fsp3) is 0.667. The number of amides is 1. The second kappa shape index (κ2) is 2.68. The Hall–Kier alpha value is -1.06. The first-order chi connectivity index (χ1) is 4.74. The smallest absolute Gasteiger partial charge is 0.312 e. The molecule has 1 aliphatic rings. The van der Waals surface area contributed by atoms with Crippen molar-refractivity contribution in [3.8, 4) is 0 Å². The van der Waals surface area contributed by atoms with E-state index in [2.05, 4.69) is 0 Å². The highest BCUT2D eigenvalue weighted by atomic mass is 16.4. The van der Waals surface area contributed by atoms with Gasteiger partial charge in [0, 0.05) is 13.1 Å². The predicted octanol–water partition coefficient (Wildman–Crippen LogP) is -0.540. The molecule has 55 valence electrons. The summed E-state index contributed by atoms with van der Waals surface area (Å²) in [6, 6.07) is 0. The summed E-state index contributed by atoms with van der Waals surface area (Å²) in [5, 5.41) is 8.47. The Morgan fingerprint density at radius 1 is 1.70 bits per heavy atom. The fourth-order valence-corrected chi connectivity index (χ4v) is 1.04. The summed E-state index contributed by atoms with van der Waals surface area (Å²) in [5.74, 6) is -1.20. The van der Waals surface area contributed by atoms with Gasteiger partial charge in [-0.2, -0.15) is 0 Å². The van der Waals surface area contributed by atoms with Gasteiger partial charge >= 0.3 is 12.4 Å². The predicted molar refractivity (Wildman–Crippen MR) is 33.0 cm³/mol. The molecule has 0 spiro atoms. The minimum absolute atomic E-state index is 0.318. The molecule has 0 aromatic rings. The van der Waals surface area contributed by atoms with Crippen molar-refractivity contribution in [1.29, 1.82) is 0 Å². The molecule has 0 aliphatic carbocycles. The van der Waals surface area contributed by atoms with E-state index in [0.717, 1.165) is 0 Å². The molecule has 1 heterocycles. The average molecular weight is 142 g/mol. The van der Waals surface area contributed by atoms with Crippen LogP contribution < -0.4 is 0 Å². The van der Waals surface area contributed by atoms with Crippen LogP contribution in [0.15, 0.2) is 0 Å². The van der Waals surface area contributed by atoms with Gasteiger partial charge in [0.1, 0.15) is 0 Å². The van der Waals surface area contributed by atoms with E-state index in [4.69, 9.17) is 5.11 Å². The summed E-state index contributed by atoms with van der Waals surface area (Å²) in [4.78, 5) is 21.6. The number of rotatable bonds is 2. The molecule has 10 heavy (non-hydrogen) atoms. The summed E-state index contributed by atoms with van der Waals surface area (Å²) >= 11 is 0. The second-order valence-corrected chi connectivity index (χ2v) is 2.36. The first-order valence-electron chi connectivity index (χ1n) is 3.09. The van der Waals surface area contributed by atoms with Gasteiger partial charge < -0.3 is 10.0 Å². The Bertz CT molecular complexity index is 157.